The van der Waals surface area contributed by atoms with Crippen LogP contribution in [0.4, 0.5) is 10.1 Å². The maximum Gasteiger partial charge on any atom is 0.251 e. The molecule has 0 spiro atoms. The minimum atomic E-state index is -0.519. The van der Waals surface area contributed by atoms with Gasteiger partial charge in [0.05, 0.1) is 30.3 Å². The van der Waals surface area contributed by atoms with Crippen LogP contribution in [0.2, 0.25) is 5.02 Å². The van der Waals surface area contributed by atoms with Gasteiger partial charge in [-0.25, -0.2) is 4.39 Å². The Labute approximate surface area is 234 Å². The number of rotatable bonds is 12. The number of hydrogen-bond acceptors (Lipinski definition) is 6. The lowest BCUT2D eigenvalue weighted by Gasteiger charge is -2.12. The zero-order chi connectivity index (χ0) is 27.6. The highest BCUT2D eigenvalue weighted by molar-refractivity contribution is 7.99. The van der Waals surface area contributed by atoms with Crippen molar-refractivity contribution in [3.63, 3.8) is 0 Å². The van der Waals surface area contributed by atoms with Crippen LogP contribution in [0, 0.1) is 5.82 Å². The molecule has 2 N–H and O–H groups in total. The van der Waals surface area contributed by atoms with Crippen molar-refractivity contribution in [2.75, 3.05) is 17.7 Å². The summed E-state index contributed by atoms with van der Waals surface area (Å²) < 4.78 is 21.3. The smallest absolute Gasteiger partial charge is 0.251 e. The first kappa shape index (κ1) is 28.1. The molecule has 11 heteroatoms. The zero-order valence-electron chi connectivity index (χ0n) is 21.2. The molecule has 1 aromatic heterocycles. The first-order chi connectivity index (χ1) is 18.9. The van der Waals surface area contributed by atoms with Gasteiger partial charge in [0.15, 0.2) is 11.0 Å². The zero-order valence-corrected chi connectivity index (χ0v) is 22.8. The van der Waals surface area contributed by atoms with E-state index in [2.05, 4.69) is 27.8 Å². The van der Waals surface area contributed by atoms with Gasteiger partial charge in [0.25, 0.3) is 5.91 Å². The maximum absolute atomic E-state index is 13.9. The molecule has 3 aromatic carbocycles. The van der Waals surface area contributed by atoms with E-state index in [-0.39, 0.29) is 23.9 Å². The van der Waals surface area contributed by atoms with Crippen molar-refractivity contribution in [3.05, 3.63) is 95.0 Å². The number of para-hydroxylation sites is 1. The Kier molecular flexibility index (Phi) is 9.93. The van der Waals surface area contributed by atoms with Gasteiger partial charge < -0.3 is 15.4 Å². The summed E-state index contributed by atoms with van der Waals surface area (Å²) >= 11 is 7.35. The largest absolute Gasteiger partial charge is 0.494 e. The number of carbonyl (C=O) groups is 2. The number of nitrogens with one attached hydrogen (secondary N) is 2. The number of ether oxygens (including phenoxy) is 1. The standard InChI is InChI=1S/C28H27ClFN5O3S/c1-2-3-15-38-22-13-11-19(12-14-22)27(37)31-17-25-33-34-28(35(25)21-8-6-7-20(29)16-21)39-18-26(36)32-24-10-5-4-9-23(24)30/h4-14,16H,2-3,15,17-18H2,1H3,(H,31,37)(H,32,36). The quantitative estimate of drug-likeness (QED) is 0.163. The molecule has 1 heterocycles. The van der Waals surface area contributed by atoms with E-state index in [0.717, 1.165) is 24.6 Å². The van der Waals surface area contributed by atoms with Crippen LogP contribution < -0.4 is 15.4 Å². The van der Waals surface area contributed by atoms with E-state index in [9.17, 15) is 14.0 Å². The second-order valence-electron chi connectivity index (χ2n) is 8.44. The highest BCUT2D eigenvalue weighted by Gasteiger charge is 2.18. The fraction of sp³-hybridized carbons (Fsp3) is 0.214. The van der Waals surface area contributed by atoms with E-state index in [1.165, 1.54) is 12.1 Å². The number of aromatic nitrogens is 3. The van der Waals surface area contributed by atoms with E-state index >= 15 is 0 Å². The molecule has 0 saturated heterocycles. The molecule has 39 heavy (non-hydrogen) atoms. The summed E-state index contributed by atoms with van der Waals surface area (Å²) in [6.45, 7) is 2.80. The van der Waals surface area contributed by atoms with Crippen LogP contribution in [0.1, 0.15) is 35.9 Å². The van der Waals surface area contributed by atoms with Crippen LogP contribution in [-0.2, 0) is 11.3 Å². The third-order valence-electron chi connectivity index (χ3n) is 5.54. The summed E-state index contributed by atoms with van der Waals surface area (Å²) in [5, 5.41) is 14.8. The number of amides is 2. The molecule has 0 bridgehead atoms. The minimum absolute atomic E-state index is 0.0356. The average Bonchev–Trinajstić information content (AvgIpc) is 3.35. The van der Waals surface area contributed by atoms with Crippen LogP contribution in [0.3, 0.4) is 0 Å². The summed E-state index contributed by atoms with van der Waals surface area (Å²) in [4.78, 5) is 25.3. The second kappa shape index (κ2) is 13.8. The van der Waals surface area contributed by atoms with Gasteiger partial charge in [-0.2, -0.15) is 0 Å². The monoisotopic (exact) mass is 567 g/mol. The lowest BCUT2D eigenvalue weighted by molar-refractivity contribution is -0.113. The molecule has 0 saturated carbocycles. The van der Waals surface area contributed by atoms with Crippen LogP contribution in [0.15, 0.2) is 78.0 Å². The fourth-order valence-corrected chi connectivity index (χ4v) is 4.52. The lowest BCUT2D eigenvalue weighted by atomic mass is 10.2. The van der Waals surface area contributed by atoms with Crippen molar-refractivity contribution in [1.82, 2.24) is 20.1 Å². The highest BCUT2D eigenvalue weighted by Crippen LogP contribution is 2.25. The Balaban J connectivity index is 1.45. The second-order valence-corrected chi connectivity index (χ2v) is 9.82. The van der Waals surface area contributed by atoms with Gasteiger partial charge in [0.2, 0.25) is 5.91 Å². The number of halogens is 2. The van der Waals surface area contributed by atoms with Crippen molar-refractivity contribution in [2.45, 2.75) is 31.5 Å². The number of benzene rings is 3. The Hall–Kier alpha value is -3.89. The van der Waals surface area contributed by atoms with Crippen LogP contribution >= 0.6 is 23.4 Å². The number of hydrogen-bond donors (Lipinski definition) is 2. The molecule has 4 aromatic rings. The SMILES string of the molecule is CCCCOc1ccc(C(=O)NCc2nnc(SCC(=O)Nc3ccccc3F)n2-c2cccc(Cl)c2)cc1. The van der Waals surface area contributed by atoms with Crippen LogP contribution in [-0.4, -0.2) is 38.9 Å². The predicted molar refractivity (Wildman–Crippen MR) is 150 cm³/mol. The summed E-state index contributed by atoms with van der Waals surface area (Å²) in [7, 11) is 0. The molecular weight excluding hydrogens is 541 g/mol. The number of nitrogens with zero attached hydrogens (tertiary/aromatic N) is 3. The number of anilines is 1. The first-order valence-electron chi connectivity index (χ1n) is 12.3. The van der Waals surface area contributed by atoms with E-state index in [1.807, 2.05) is 6.07 Å². The molecule has 0 radical (unpaired) electrons. The minimum Gasteiger partial charge on any atom is -0.494 e. The predicted octanol–water partition coefficient (Wildman–Crippen LogP) is 5.90. The van der Waals surface area contributed by atoms with Crippen molar-refractivity contribution >= 4 is 40.9 Å². The number of thioether (sulfide) groups is 1. The van der Waals surface area contributed by atoms with E-state index in [4.69, 9.17) is 16.3 Å². The summed E-state index contributed by atoms with van der Waals surface area (Å²) in [6, 6.07) is 19.9. The van der Waals surface area contributed by atoms with Crippen LogP contribution in [0.5, 0.6) is 5.75 Å². The third kappa shape index (κ3) is 7.81. The summed E-state index contributed by atoms with van der Waals surface area (Å²) in [5.74, 6) is -0.0818. The van der Waals surface area contributed by atoms with Crippen molar-refractivity contribution < 1.29 is 18.7 Å². The van der Waals surface area contributed by atoms with Crippen molar-refractivity contribution in [3.8, 4) is 11.4 Å². The van der Waals surface area contributed by atoms with Gasteiger partial charge in [0, 0.05) is 10.6 Å². The van der Waals surface area contributed by atoms with Crippen LogP contribution in [0.25, 0.3) is 5.69 Å². The van der Waals surface area contributed by atoms with Gasteiger partial charge >= 0.3 is 0 Å². The van der Waals surface area contributed by atoms with Crippen molar-refractivity contribution in [1.29, 1.82) is 0 Å². The number of carbonyl (C=O) groups excluding carboxylic acids is 2. The average molecular weight is 568 g/mol. The normalized spacial score (nSPS) is 10.7. The molecule has 8 nitrogen and oxygen atoms in total. The Morgan fingerprint density at radius 1 is 1.05 bits per heavy atom. The molecule has 4 rings (SSSR count). The molecule has 0 atom stereocenters. The molecular formula is C28H27ClFN5O3S. The molecule has 0 aliphatic carbocycles. The molecule has 0 unspecified atom stereocenters. The molecule has 0 fully saturated rings. The van der Waals surface area contributed by atoms with E-state index in [1.54, 1.807) is 59.2 Å². The molecule has 0 aliphatic heterocycles. The van der Waals surface area contributed by atoms with Gasteiger partial charge in [-0.05, 0) is 61.0 Å². The maximum atomic E-state index is 13.9. The number of unbranched alkanes of at least 4 members (excludes halogenated alkanes) is 1. The Morgan fingerprint density at radius 2 is 1.85 bits per heavy atom. The van der Waals surface area contributed by atoms with Gasteiger partial charge in [0.1, 0.15) is 11.6 Å². The molecule has 2 amide bonds. The highest BCUT2D eigenvalue weighted by atomic mass is 35.5. The Morgan fingerprint density at radius 3 is 2.59 bits per heavy atom. The topological polar surface area (TPSA) is 98.1 Å². The fourth-order valence-electron chi connectivity index (χ4n) is 3.56. The third-order valence-corrected chi connectivity index (χ3v) is 6.70. The summed E-state index contributed by atoms with van der Waals surface area (Å²) in [5.41, 5.74) is 1.25. The van der Waals surface area contributed by atoms with Gasteiger partial charge in [-0.3, -0.25) is 14.2 Å². The van der Waals surface area contributed by atoms with E-state index in [0.29, 0.717) is 39.6 Å². The van der Waals surface area contributed by atoms with Crippen molar-refractivity contribution in [2.24, 2.45) is 0 Å². The van der Waals surface area contributed by atoms with E-state index < -0.39 is 11.7 Å². The van der Waals surface area contributed by atoms with Gasteiger partial charge in [-0.1, -0.05) is 54.9 Å². The first-order valence-corrected chi connectivity index (χ1v) is 13.7. The summed E-state index contributed by atoms with van der Waals surface area (Å²) in [6.07, 6.45) is 2.01. The van der Waals surface area contributed by atoms with Gasteiger partial charge in [-0.15, -0.1) is 10.2 Å². The molecule has 0 aliphatic rings. The molecule has 202 valence electrons. The lowest BCUT2D eigenvalue weighted by Crippen LogP contribution is -2.24. The Bertz CT molecular complexity index is 1430.